The van der Waals surface area contributed by atoms with Crippen molar-refractivity contribution in [3.05, 3.63) is 47.3 Å². The Kier molecular flexibility index (Phi) is 3.84. The number of para-hydroxylation sites is 1. The highest BCUT2D eigenvalue weighted by atomic mass is 16.5. The number of hydrogen-bond acceptors (Lipinski definition) is 4. The topological polar surface area (TPSA) is 73.2 Å². The zero-order valence-electron chi connectivity index (χ0n) is 11.5. The third kappa shape index (κ3) is 2.69. The largest absolute Gasteiger partial charge is 0.465 e. The molecule has 1 heterocycles. The molecule has 6 nitrogen and oxygen atoms in total. The van der Waals surface area contributed by atoms with E-state index in [1.807, 2.05) is 0 Å². The number of methoxy groups -OCH3 is 1. The fourth-order valence-electron chi connectivity index (χ4n) is 1.89. The number of rotatable bonds is 3. The highest BCUT2D eigenvalue weighted by Crippen LogP contribution is 2.17. The van der Waals surface area contributed by atoms with Gasteiger partial charge in [0.25, 0.3) is 5.91 Å². The minimum Gasteiger partial charge on any atom is -0.465 e. The van der Waals surface area contributed by atoms with E-state index in [0.29, 0.717) is 16.9 Å². The molecule has 0 unspecified atom stereocenters. The molecule has 0 bridgehead atoms. The molecule has 0 aliphatic carbocycles. The zero-order chi connectivity index (χ0) is 14.7. The molecule has 0 spiro atoms. The average molecular weight is 273 g/mol. The van der Waals surface area contributed by atoms with Crippen LogP contribution in [-0.4, -0.2) is 28.8 Å². The maximum absolute atomic E-state index is 12.2. The Morgan fingerprint density at radius 1 is 1.30 bits per heavy atom. The standard InChI is InChI=1S/C14H15N3O3/c1-9-8-17(2)16-12(9)13(18)15-11-7-5-4-6-10(11)14(19)20-3/h4-8H,1-3H3,(H,15,18). The van der Waals surface area contributed by atoms with Crippen molar-refractivity contribution in [1.82, 2.24) is 9.78 Å². The Morgan fingerprint density at radius 3 is 2.60 bits per heavy atom. The maximum atomic E-state index is 12.2. The van der Waals surface area contributed by atoms with Crippen molar-refractivity contribution in [1.29, 1.82) is 0 Å². The number of carbonyl (C=O) groups excluding carboxylic acids is 2. The van der Waals surface area contributed by atoms with Crippen LogP contribution in [0.3, 0.4) is 0 Å². The van der Waals surface area contributed by atoms with Gasteiger partial charge in [0.15, 0.2) is 5.69 Å². The molecular weight excluding hydrogens is 258 g/mol. The Hall–Kier alpha value is -2.63. The summed E-state index contributed by atoms with van der Waals surface area (Å²) in [6, 6.07) is 6.66. The summed E-state index contributed by atoms with van der Waals surface area (Å²) in [6.07, 6.45) is 1.75. The molecule has 0 saturated carbocycles. The first-order chi connectivity index (χ1) is 9.52. The zero-order valence-corrected chi connectivity index (χ0v) is 11.5. The minimum absolute atomic E-state index is 0.303. The highest BCUT2D eigenvalue weighted by molar-refractivity contribution is 6.07. The van der Waals surface area contributed by atoms with Gasteiger partial charge >= 0.3 is 5.97 Å². The molecule has 0 fully saturated rings. The number of nitrogens with zero attached hydrogens (tertiary/aromatic N) is 2. The normalized spacial score (nSPS) is 10.2. The van der Waals surface area contributed by atoms with Gasteiger partial charge in [-0.2, -0.15) is 5.10 Å². The Balaban J connectivity index is 2.29. The lowest BCUT2D eigenvalue weighted by atomic mass is 10.1. The second-order valence-corrected chi connectivity index (χ2v) is 4.33. The average Bonchev–Trinajstić information content (AvgIpc) is 2.77. The van der Waals surface area contributed by atoms with E-state index in [1.54, 1.807) is 49.1 Å². The summed E-state index contributed by atoms with van der Waals surface area (Å²) in [5, 5.41) is 6.77. The number of nitrogens with one attached hydrogen (secondary N) is 1. The van der Waals surface area contributed by atoms with Crippen molar-refractivity contribution in [3.8, 4) is 0 Å². The van der Waals surface area contributed by atoms with Crippen molar-refractivity contribution in [3.63, 3.8) is 0 Å². The maximum Gasteiger partial charge on any atom is 0.339 e. The third-order valence-corrected chi connectivity index (χ3v) is 2.81. The van der Waals surface area contributed by atoms with Gasteiger partial charge in [-0.05, 0) is 19.1 Å². The van der Waals surface area contributed by atoms with E-state index in [4.69, 9.17) is 0 Å². The summed E-state index contributed by atoms with van der Waals surface area (Å²) in [6.45, 7) is 1.80. The summed E-state index contributed by atoms with van der Waals surface area (Å²) in [5.74, 6) is -0.863. The van der Waals surface area contributed by atoms with Crippen LogP contribution in [0.15, 0.2) is 30.5 Å². The van der Waals surface area contributed by atoms with Crippen molar-refractivity contribution in [2.75, 3.05) is 12.4 Å². The molecule has 1 N–H and O–H groups in total. The predicted octanol–water partition coefficient (Wildman–Crippen LogP) is 1.77. The lowest BCUT2D eigenvalue weighted by Gasteiger charge is -2.08. The molecule has 0 radical (unpaired) electrons. The van der Waals surface area contributed by atoms with Gasteiger partial charge in [0.2, 0.25) is 0 Å². The first-order valence-electron chi connectivity index (χ1n) is 6.02. The van der Waals surface area contributed by atoms with E-state index >= 15 is 0 Å². The van der Waals surface area contributed by atoms with Gasteiger partial charge in [-0.3, -0.25) is 9.48 Å². The van der Waals surface area contributed by atoms with Crippen LogP contribution in [0.4, 0.5) is 5.69 Å². The van der Waals surface area contributed by atoms with Crippen LogP contribution in [0.1, 0.15) is 26.4 Å². The number of esters is 1. The molecule has 0 aliphatic rings. The van der Waals surface area contributed by atoms with Crippen LogP contribution >= 0.6 is 0 Å². The molecule has 104 valence electrons. The van der Waals surface area contributed by atoms with Gasteiger partial charge in [0.1, 0.15) is 0 Å². The summed E-state index contributed by atoms with van der Waals surface area (Å²) in [4.78, 5) is 23.8. The molecule has 1 aromatic heterocycles. The monoisotopic (exact) mass is 273 g/mol. The highest BCUT2D eigenvalue weighted by Gasteiger charge is 2.17. The molecule has 2 aromatic rings. The van der Waals surface area contributed by atoms with Gasteiger partial charge in [-0.15, -0.1) is 0 Å². The van der Waals surface area contributed by atoms with Gasteiger partial charge in [-0.1, -0.05) is 12.1 Å². The molecular formula is C14H15N3O3. The van der Waals surface area contributed by atoms with Crippen molar-refractivity contribution in [2.24, 2.45) is 7.05 Å². The van der Waals surface area contributed by atoms with Gasteiger partial charge in [0.05, 0.1) is 18.4 Å². The van der Waals surface area contributed by atoms with E-state index in [0.717, 1.165) is 5.56 Å². The molecule has 0 saturated heterocycles. The summed E-state index contributed by atoms with van der Waals surface area (Å²) in [7, 11) is 3.04. The molecule has 2 rings (SSSR count). The first kappa shape index (κ1) is 13.8. The predicted molar refractivity (Wildman–Crippen MR) is 73.7 cm³/mol. The van der Waals surface area contributed by atoms with E-state index in [-0.39, 0.29) is 5.91 Å². The lowest BCUT2D eigenvalue weighted by molar-refractivity contribution is 0.0602. The quantitative estimate of drug-likeness (QED) is 0.865. The molecule has 1 aromatic carbocycles. The third-order valence-electron chi connectivity index (χ3n) is 2.81. The number of amides is 1. The van der Waals surface area contributed by atoms with Crippen molar-refractivity contribution < 1.29 is 14.3 Å². The van der Waals surface area contributed by atoms with Crippen molar-refractivity contribution in [2.45, 2.75) is 6.92 Å². The number of carbonyl (C=O) groups is 2. The van der Waals surface area contributed by atoms with E-state index in [9.17, 15) is 9.59 Å². The van der Waals surface area contributed by atoms with Gasteiger partial charge in [0, 0.05) is 18.8 Å². The Morgan fingerprint density at radius 2 is 2.00 bits per heavy atom. The molecule has 0 aliphatic heterocycles. The number of aryl methyl sites for hydroxylation is 2. The van der Waals surface area contributed by atoms with Crippen LogP contribution in [0.25, 0.3) is 0 Å². The van der Waals surface area contributed by atoms with Crippen LogP contribution in [-0.2, 0) is 11.8 Å². The van der Waals surface area contributed by atoms with E-state index in [1.165, 1.54) is 7.11 Å². The van der Waals surface area contributed by atoms with Crippen LogP contribution in [0.2, 0.25) is 0 Å². The molecule has 1 amide bonds. The summed E-state index contributed by atoms with van der Waals surface area (Å²) in [5.41, 5.74) is 1.79. The van der Waals surface area contributed by atoms with Gasteiger partial charge < -0.3 is 10.1 Å². The fourth-order valence-corrected chi connectivity index (χ4v) is 1.89. The number of benzene rings is 1. The SMILES string of the molecule is COC(=O)c1ccccc1NC(=O)c1nn(C)cc1C. The number of aromatic nitrogens is 2. The second-order valence-electron chi connectivity index (χ2n) is 4.33. The Labute approximate surface area is 116 Å². The van der Waals surface area contributed by atoms with Gasteiger partial charge in [-0.25, -0.2) is 4.79 Å². The van der Waals surface area contributed by atoms with Crippen LogP contribution < -0.4 is 5.32 Å². The van der Waals surface area contributed by atoms with E-state index < -0.39 is 5.97 Å². The summed E-state index contributed by atoms with van der Waals surface area (Å²) >= 11 is 0. The molecule has 20 heavy (non-hydrogen) atoms. The van der Waals surface area contributed by atoms with E-state index in [2.05, 4.69) is 15.2 Å². The van der Waals surface area contributed by atoms with Crippen LogP contribution in [0.5, 0.6) is 0 Å². The number of ether oxygens (including phenoxy) is 1. The lowest BCUT2D eigenvalue weighted by Crippen LogP contribution is -2.17. The smallest absolute Gasteiger partial charge is 0.339 e. The molecule has 0 atom stereocenters. The second kappa shape index (κ2) is 5.56. The first-order valence-corrected chi connectivity index (χ1v) is 6.02. The minimum atomic E-state index is -0.501. The molecule has 6 heteroatoms. The fraction of sp³-hybridized carbons (Fsp3) is 0.214. The Bertz CT molecular complexity index is 661. The van der Waals surface area contributed by atoms with Crippen molar-refractivity contribution >= 4 is 17.6 Å². The number of hydrogen-bond donors (Lipinski definition) is 1. The van der Waals surface area contributed by atoms with Crippen LogP contribution in [0, 0.1) is 6.92 Å². The summed E-state index contributed by atoms with van der Waals surface area (Å²) < 4.78 is 6.25. The number of anilines is 1.